The molecule has 2 amide bonds. The molecule has 11 nitrogen and oxygen atoms in total. The van der Waals surface area contributed by atoms with Gasteiger partial charge in [-0.1, -0.05) is 6.07 Å². The molecule has 3 rings (SSSR count). The first-order valence-corrected chi connectivity index (χ1v) is 10.2. The summed E-state index contributed by atoms with van der Waals surface area (Å²) in [4.78, 5) is 37.9. The standard InChI is InChI=1S/C22H24FN7O4/c1-12-27-18(25-7-8-31)10-19(28-12)30-17-9-15(13(11-26-17)21(32)24-2)29-22(33)20-14(23)5-4-6-16(20)34-3/h4-6,9-11,31H,7-8H2,1-3H3,(H,24,32)(H3,25,26,27,28,29,30,33). The zero-order valence-electron chi connectivity index (χ0n) is 18.8. The van der Waals surface area contributed by atoms with Crippen LogP contribution in [0.4, 0.5) is 27.5 Å². The first kappa shape index (κ1) is 24.3. The fourth-order valence-electron chi connectivity index (χ4n) is 3.06. The Kier molecular flexibility index (Phi) is 7.88. The molecule has 2 heterocycles. The van der Waals surface area contributed by atoms with Gasteiger partial charge in [-0.25, -0.2) is 19.3 Å². The van der Waals surface area contributed by atoms with Crippen LogP contribution in [0.3, 0.4) is 0 Å². The van der Waals surface area contributed by atoms with Crippen molar-refractivity contribution in [2.75, 3.05) is 43.3 Å². The van der Waals surface area contributed by atoms with E-state index in [0.717, 1.165) is 6.07 Å². The van der Waals surface area contributed by atoms with Gasteiger partial charge in [0.25, 0.3) is 11.8 Å². The molecule has 12 heteroatoms. The third-order valence-corrected chi connectivity index (χ3v) is 4.56. The van der Waals surface area contributed by atoms with E-state index in [1.165, 1.54) is 38.6 Å². The normalized spacial score (nSPS) is 10.4. The number of aromatic nitrogens is 3. The topological polar surface area (TPSA) is 150 Å². The molecule has 0 aliphatic heterocycles. The second kappa shape index (κ2) is 11.0. The molecule has 0 atom stereocenters. The molecule has 3 aromatic rings. The van der Waals surface area contributed by atoms with Crippen molar-refractivity contribution in [3.05, 3.63) is 59.3 Å². The number of aliphatic hydroxyl groups excluding tert-OH is 1. The van der Waals surface area contributed by atoms with Crippen LogP contribution >= 0.6 is 0 Å². The Morgan fingerprint density at radius 3 is 2.59 bits per heavy atom. The lowest BCUT2D eigenvalue weighted by molar-refractivity contribution is 0.0963. The highest BCUT2D eigenvalue weighted by atomic mass is 19.1. The number of hydrogen-bond acceptors (Lipinski definition) is 9. The molecule has 0 saturated heterocycles. The second-order valence-electron chi connectivity index (χ2n) is 6.93. The predicted molar refractivity (Wildman–Crippen MR) is 124 cm³/mol. The van der Waals surface area contributed by atoms with Crippen molar-refractivity contribution in [3.8, 4) is 5.75 Å². The van der Waals surface area contributed by atoms with Crippen molar-refractivity contribution in [1.82, 2.24) is 20.3 Å². The summed E-state index contributed by atoms with van der Waals surface area (Å²) in [6.07, 6.45) is 1.27. The lowest BCUT2D eigenvalue weighted by atomic mass is 10.1. The van der Waals surface area contributed by atoms with Gasteiger partial charge in [-0.05, 0) is 19.1 Å². The van der Waals surface area contributed by atoms with E-state index in [9.17, 15) is 14.0 Å². The number of hydrogen-bond donors (Lipinski definition) is 5. The molecule has 0 aliphatic rings. The van der Waals surface area contributed by atoms with Crippen LogP contribution in [0.1, 0.15) is 26.5 Å². The van der Waals surface area contributed by atoms with Crippen molar-refractivity contribution in [3.63, 3.8) is 0 Å². The fraction of sp³-hybridized carbons (Fsp3) is 0.227. The molecule has 178 valence electrons. The Labute approximate surface area is 194 Å². The monoisotopic (exact) mass is 469 g/mol. The number of pyridine rings is 1. The number of amides is 2. The number of benzene rings is 1. The van der Waals surface area contributed by atoms with Crippen molar-refractivity contribution in [2.45, 2.75) is 6.92 Å². The maximum Gasteiger partial charge on any atom is 0.262 e. The predicted octanol–water partition coefficient (Wildman–Crippen LogP) is 2.09. The Morgan fingerprint density at radius 1 is 1.12 bits per heavy atom. The van der Waals surface area contributed by atoms with Gasteiger partial charge in [0.1, 0.15) is 40.4 Å². The number of rotatable bonds is 9. The van der Waals surface area contributed by atoms with Crippen LogP contribution in [0.2, 0.25) is 0 Å². The van der Waals surface area contributed by atoms with Gasteiger partial charge in [0.05, 0.1) is 25.0 Å². The third kappa shape index (κ3) is 5.72. The highest BCUT2D eigenvalue weighted by Crippen LogP contribution is 2.26. The van der Waals surface area contributed by atoms with Crippen molar-refractivity contribution in [1.29, 1.82) is 0 Å². The van der Waals surface area contributed by atoms with Crippen LogP contribution in [0.15, 0.2) is 36.5 Å². The largest absolute Gasteiger partial charge is 0.496 e. The van der Waals surface area contributed by atoms with Gasteiger partial charge in [0.2, 0.25) is 0 Å². The van der Waals surface area contributed by atoms with Crippen LogP contribution in [0.25, 0.3) is 0 Å². The number of methoxy groups -OCH3 is 1. The number of ether oxygens (including phenoxy) is 1. The summed E-state index contributed by atoms with van der Waals surface area (Å²) in [5.41, 5.74) is -0.136. The first-order valence-electron chi connectivity index (χ1n) is 10.2. The minimum Gasteiger partial charge on any atom is -0.496 e. The number of anilines is 4. The molecular formula is C22H24FN7O4. The third-order valence-electron chi connectivity index (χ3n) is 4.56. The lowest BCUT2D eigenvalue weighted by Gasteiger charge is -2.14. The Hall–Kier alpha value is -4.32. The summed E-state index contributed by atoms with van der Waals surface area (Å²) in [5, 5.41) is 20.0. The molecule has 34 heavy (non-hydrogen) atoms. The van der Waals surface area contributed by atoms with E-state index >= 15 is 0 Å². The summed E-state index contributed by atoms with van der Waals surface area (Å²) >= 11 is 0. The number of carbonyl (C=O) groups is 2. The number of nitrogens with zero attached hydrogens (tertiary/aromatic N) is 3. The number of nitrogens with one attached hydrogen (secondary N) is 4. The molecule has 0 bridgehead atoms. The molecule has 1 aromatic carbocycles. The van der Waals surface area contributed by atoms with Gasteiger partial charge in [-0.3, -0.25) is 9.59 Å². The Bertz CT molecular complexity index is 1210. The van der Waals surface area contributed by atoms with E-state index < -0.39 is 17.6 Å². The molecule has 5 N–H and O–H groups in total. The lowest BCUT2D eigenvalue weighted by Crippen LogP contribution is -2.22. The summed E-state index contributed by atoms with van der Waals surface area (Å²) in [7, 11) is 2.76. The highest BCUT2D eigenvalue weighted by molar-refractivity contribution is 6.10. The van der Waals surface area contributed by atoms with Crippen LogP contribution < -0.4 is 26.0 Å². The van der Waals surface area contributed by atoms with E-state index in [4.69, 9.17) is 9.84 Å². The van der Waals surface area contributed by atoms with Gasteiger partial charge >= 0.3 is 0 Å². The zero-order valence-corrected chi connectivity index (χ0v) is 18.8. The smallest absolute Gasteiger partial charge is 0.262 e. The summed E-state index contributed by atoms with van der Waals surface area (Å²) < 4.78 is 19.5. The van der Waals surface area contributed by atoms with E-state index in [1.807, 2.05) is 0 Å². The highest BCUT2D eigenvalue weighted by Gasteiger charge is 2.21. The molecule has 0 spiro atoms. The van der Waals surface area contributed by atoms with Crippen molar-refractivity contribution in [2.24, 2.45) is 0 Å². The van der Waals surface area contributed by atoms with Gasteiger partial charge in [-0.15, -0.1) is 0 Å². The summed E-state index contributed by atoms with van der Waals surface area (Å²) in [6, 6.07) is 7.05. The minimum atomic E-state index is -0.800. The average Bonchev–Trinajstić information content (AvgIpc) is 2.81. The molecule has 0 saturated carbocycles. The maximum atomic E-state index is 14.4. The van der Waals surface area contributed by atoms with E-state index in [0.29, 0.717) is 24.0 Å². The average molecular weight is 469 g/mol. The summed E-state index contributed by atoms with van der Waals surface area (Å²) in [6.45, 7) is 1.94. The molecule has 0 radical (unpaired) electrons. The van der Waals surface area contributed by atoms with Crippen LogP contribution in [-0.2, 0) is 0 Å². The van der Waals surface area contributed by atoms with E-state index in [-0.39, 0.29) is 35.0 Å². The molecule has 2 aromatic heterocycles. The fourth-order valence-corrected chi connectivity index (χ4v) is 3.06. The van der Waals surface area contributed by atoms with Crippen LogP contribution in [0.5, 0.6) is 5.75 Å². The second-order valence-corrected chi connectivity index (χ2v) is 6.93. The molecular weight excluding hydrogens is 445 g/mol. The van der Waals surface area contributed by atoms with Gasteiger partial charge in [-0.2, -0.15) is 0 Å². The number of halogens is 1. The minimum absolute atomic E-state index is 0.0470. The number of aryl methyl sites for hydroxylation is 1. The molecule has 0 unspecified atom stereocenters. The first-order chi connectivity index (χ1) is 16.4. The molecule has 0 aliphatic carbocycles. The number of aliphatic hydroxyl groups is 1. The maximum absolute atomic E-state index is 14.4. The SMILES string of the molecule is CNC(=O)c1cnc(Nc2cc(NCCO)nc(C)n2)cc1NC(=O)c1c(F)cccc1OC. The zero-order chi connectivity index (χ0) is 24.7. The number of carbonyl (C=O) groups excluding carboxylic acids is 2. The Balaban J connectivity index is 1.94. The molecule has 0 fully saturated rings. The van der Waals surface area contributed by atoms with Crippen LogP contribution in [0, 0.1) is 12.7 Å². The van der Waals surface area contributed by atoms with E-state index in [1.54, 1.807) is 13.0 Å². The quantitative estimate of drug-likeness (QED) is 0.317. The van der Waals surface area contributed by atoms with Gasteiger partial charge in [0.15, 0.2) is 0 Å². The van der Waals surface area contributed by atoms with E-state index in [2.05, 4.69) is 36.2 Å². The van der Waals surface area contributed by atoms with Crippen LogP contribution in [-0.4, -0.2) is 59.2 Å². The van der Waals surface area contributed by atoms with Crippen molar-refractivity contribution < 1.29 is 23.8 Å². The van der Waals surface area contributed by atoms with Gasteiger partial charge < -0.3 is 31.1 Å². The van der Waals surface area contributed by atoms with Gasteiger partial charge in [0, 0.05) is 31.9 Å². The summed E-state index contributed by atoms with van der Waals surface area (Å²) in [5.74, 6) is -0.417. The Morgan fingerprint density at radius 2 is 1.88 bits per heavy atom. The van der Waals surface area contributed by atoms with Crippen molar-refractivity contribution >= 4 is 35.0 Å².